The van der Waals surface area contributed by atoms with E-state index in [4.69, 9.17) is 19.8 Å². The summed E-state index contributed by atoms with van der Waals surface area (Å²) < 4.78 is 12.6. The number of amides is 2. The summed E-state index contributed by atoms with van der Waals surface area (Å²) in [6.45, 7) is 0.541. The van der Waals surface area contributed by atoms with Crippen LogP contribution < -0.4 is 10.8 Å². The van der Waals surface area contributed by atoms with Crippen molar-refractivity contribution in [1.29, 1.82) is 0 Å². The third-order valence-electron chi connectivity index (χ3n) is 6.33. The minimum Gasteiger partial charge on any atom is -0.396 e. The number of ether oxygens (including phenoxy) is 2. The first kappa shape index (κ1) is 30.1. The van der Waals surface area contributed by atoms with Gasteiger partial charge in [0.05, 0.1) is 25.4 Å². The second-order valence-corrected chi connectivity index (χ2v) is 10.4. The number of rotatable bonds is 15. The first-order chi connectivity index (χ1) is 18.5. The monoisotopic (exact) mass is 546 g/mol. The van der Waals surface area contributed by atoms with Crippen LogP contribution in [0.2, 0.25) is 0 Å². The zero-order valence-corrected chi connectivity index (χ0v) is 22.3. The van der Waals surface area contributed by atoms with E-state index in [2.05, 4.69) is 5.32 Å². The molecule has 3 atom stereocenters. The van der Waals surface area contributed by atoms with Crippen molar-refractivity contribution >= 4 is 23.6 Å². The zero-order chi connectivity index (χ0) is 27.2. The SMILES string of the molecule is O=C(CCCCCC(=O)NCc1ccc(C2OC(CSCCO)CC(c3ccc(CO)cc3)O2)cc1)NO. The van der Waals surface area contributed by atoms with Crippen LogP contribution in [0.25, 0.3) is 0 Å². The Balaban J connectivity index is 1.53. The van der Waals surface area contributed by atoms with Gasteiger partial charge in [-0.3, -0.25) is 14.8 Å². The Morgan fingerprint density at radius 3 is 2.18 bits per heavy atom. The van der Waals surface area contributed by atoms with E-state index >= 15 is 0 Å². The predicted octanol–water partition coefficient (Wildman–Crippen LogP) is 3.52. The lowest BCUT2D eigenvalue weighted by Gasteiger charge is -2.36. The summed E-state index contributed by atoms with van der Waals surface area (Å²) >= 11 is 1.65. The summed E-state index contributed by atoms with van der Waals surface area (Å²) in [5.41, 5.74) is 5.33. The summed E-state index contributed by atoms with van der Waals surface area (Å²) in [7, 11) is 0. The highest BCUT2D eigenvalue weighted by Gasteiger charge is 2.32. The van der Waals surface area contributed by atoms with Crippen molar-refractivity contribution in [3.05, 3.63) is 70.8 Å². The van der Waals surface area contributed by atoms with Crippen molar-refractivity contribution in [1.82, 2.24) is 10.8 Å². The topological polar surface area (TPSA) is 137 Å². The molecule has 38 heavy (non-hydrogen) atoms. The Labute approximate surface area is 227 Å². The molecule has 1 aliphatic rings. The standard InChI is InChI=1S/C28H38N2O7S/c31-14-15-38-19-24-16-25(22-10-8-21(18-32)9-11-22)37-28(36-24)23-12-6-20(7-13-23)17-29-26(33)4-2-1-3-5-27(34)30-35/h6-13,24-25,28,31-32,35H,1-5,14-19H2,(H,29,33)(H,30,34). The van der Waals surface area contributed by atoms with Crippen molar-refractivity contribution < 1.29 is 34.5 Å². The molecular weight excluding hydrogens is 508 g/mol. The van der Waals surface area contributed by atoms with Gasteiger partial charge in [-0.25, -0.2) is 5.48 Å². The van der Waals surface area contributed by atoms with Crippen LogP contribution in [0.3, 0.4) is 0 Å². The van der Waals surface area contributed by atoms with Gasteiger partial charge in [0.15, 0.2) is 6.29 Å². The van der Waals surface area contributed by atoms with E-state index in [9.17, 15) is 14.7 Å². The van der Waals surface area contributed by atoms with Gasteiger partial charge in [0.25, 0.3) is 0 Å². The fraction of sp³-hybridized carbons (Fsp3) is 0.500. The molecule has 0 bridgehead atoms. The fourth-order valence-electron chi connectivity index (χ4n) is 4.19. The van der Waals surface area contributed by atoms with Crippen LogP contribution in [0.15, 0.2) is 48.5 Å². The van der Waals surface area contributed by atoms with E-state index in [1.54, 1.807) is 17.2 Å². The number of aliphatic hydroxyl groups excluding tert-OH is 2. The van der Waals surface area contributed by atoms with Crippen LogP contribution in [0.5, 0.6) is 0 Å². The average Bonchev–Trinajstić information content (AvgIpc) is 2.96. The summed E-state index contributed by atoms with van der Waals surface area (Å²) in [5, 5.41) is 29.9. The number of benzene rings is 2. The molecule has 2 amide bonds. The Bertz CT molecular complexity index is 988. The lowest BCUT2D eigenvalue weighted by Crippen LogP contribution is -2.31. The van der Waals surface area contributed by atoms with Crippen LogP contribution in [-0.2, 0) is 32.2 Å². The molecule has 0 radical (unpaired) electrons. The molecule has 5 N–H and O–H groups in total. The molecule has 2 aromatic carbocycles. The Kier molecular flexibility index (Phi) is 13.0. The number of nitrogens with one attached hydrogen (secondary N) is 2. The highest BCUT2D eigenvalue weighted by atomic mass is 32.2. The van der Waals surface area contributed by atoms with E-state index in [1.165, 1.54) is 0 Å². The third kappa shape index (κ3) is 10.0. The summed E-state index contributed by atoms with van der Waals surface area (Å²) in [4.78, 5) is 23.1. The molecule has 10 heteroatoms. The van der Waals surface area contributed by atoms with Crippen molar-refractivity contribution in [2.45, 2.75) is 70.2 Å². The van der Waals surface area contributed by atoms with E-state index in [-0.39, 0.29) is 37.7 Å². The molecule has 1 heterocycles. The molecule has 0 saturated carbocycles. The summed E-state index contributed by atoms with van der Waals surface area (Å²) in [6.07, 6.45) is 2.65. The molecule has 9 nitrogen and oxygen atoms in total. The Morgan fingerprint density at radius 2 is 1.53 bits per heavy atom. The molecule has 3 unspecified atom stereocenters. The molecular formula is C28H38N2O7S. The second-order valence-electron chi connectivity index (χ2n) is 9.26. The highest BCUT2D eigenvalue weighted by Crippen LogP contribution is 2.38. The average molecular weight is 547 g/mol. The normalized spacial score (nSPS) is 19.2. The molecule has 0 spiro atoms. The van der Waals surface area contributed by atoms with Gasteiger partial charge in [-0.15, -0.1) is 0 Å². The smallest absolute Gasteiger partial charge is 0.243 e. The third-order valence-corrected chi connectivity index (χ3v) is 7.41. The minimum absolute atomic E-state index is 0.00370. The van der Waals surface area contributed by atoms with Crippen LogP contribution >= 0.6 is 11.8 Å². The maximum atomic E-state index is 12.1. The Morgan fingerprint density at radius 1 is 0.868 bits per heavy atom. The van der Waals surface area contributed by atoms with Crippen LogP contribution in [-0.4, -0.2) is 51.5 Å². The van der Waals surface area contributed by atoms with Gasteiger partial charge in [-0.1, -0.05) is 55.0 Å². The van der Waals surface area contributed by atoms with Gasteiger partial charge in [-0.2, -0.15) is 11.8 Å². The molecule has 0 aromatic heterocycles. The van der Waals surface area contributed by atoms with Gasteiger partial charge < -0.3 is 25.0 Å². The lowest BCUT2D eigenvalue weighted by atomic mass is 10.0. The molecule has 2 aromatic rings. The van der Waals surface area contributed by atoms with Crippen molar-refractivity contribution in [3.8, 4) is 0 Å². The maximum Gasteiger partial charge on any atom is 0.243 e. The number of hydrogen-bond donors (Lipinski definition) is 5. The Hall–Kier alpha value is -2.47. The minimum atomic E-state index is -0.539. The van der Waals surface area contributed by atoms with Gasteiger partial charge in [0.2, 0.25) is 11.8 Å². The molecule has 0 aliphatic carbocycles. The van der Waals surface area contributed by atoms with E-state index in [0.29, 0.717) is 38.0 Å². The molecule has 1 saturated heterocycles. The van der Waals surface area contributed by atoms with Crippen molar-refractivity contribution in [2.75, 3.05) is 18.1 Å². The lowest BCUT2D eigenvalue weighted by molar-refractivity contribution is -0.245. The molecule has 208 valence electrons. The van der Waals surface area contributed by atoms with E-state index < -0.39 is 12.2 Å². The molecule has 1 aliphatic heterocycles. The van der Waals surface area contributed by atoms with Crippen molar-refractivity contribution in [3.63, 3.8) is 0 Å². The van der Waals surface area contributed by atoms with E-state index in [1.807, 2.05) is 48.5 Å². The zero-order valence-electron chi connectivity index (χ0n) is 21.5. The number of carbonyl (C=O) groups excluding carboxylic acids is 2. The largest absolute Gasteiger partial charge is 0.396 e. The van der Waals surface area contributed by atoms with Crippen molar-refractivity contribution in [2.24, 2.45) is 0 Å². The van der Waals surface area contributed by atoms with Gasteiger partial charge in [0.1, 0.15) is 0 Å². The molecule has 3 rings (SSSR count). The van der Waals surface area contributed by atoms with Crippen LogP contribution in [0, 0.1) is 0 Å². The van der Waals surface area contributed by atoms with Gasteiger partial charge >= 0.3 is 0 Å². The number of carbonyl (C=O) groups is 2. The van der Waals surface area contributed by atoms with Gasteiger partial charge in [0, 0.05) is 42.9 Å². The van der Waals surface area contributed by atoms with Crippen LogP contribution in [0.1, 0.15) is 73.2 Å². The highest BCUT2D eigenvalue weighted by molar-refractivity contribution is 7.99. The number of aliphatic hydroxyl groups is 2. The predicted molar refractivity (Wildman–Crippen MR) is 144 cm³/mol. The number of unbranched alkanes of at least 4 members (excludes halogenated alkanes) is 2. The first-order valence-electron chi connectivity index (χ1n) is 13.0. The van der Waals surface area contributed by atoms with Crippen LogP contribution in [0.4, 0.5) is 0 Å². The second kappa shape index (κ2) is 16.5. The molecule has 1 fully saturated rings. The van der Waals surface area contributed by atoms with Gasteiger partial charge in [-0.05, 0) is 29.5 Å². The maximum absolute atomic E-state index is 12.1. The number of hydroxylamine groups is 1. The summed E-state index contributed by atoms with van der Waals surface area (Å²) in [6, 6.07) is 15.6. The fourth-order valence-corrected chi connectivity index (χ4v) is 4.96. The number of thioether (sulfide) groups is 1. The first-order valence-corrected chi connectivity index (χ1v) is 14.2. The summed E-state index contributed by atoms with van der Waals surface area (Å²) in [5.74, 6) is 0.954. The quantitative estimate of drug-likeness (QED) is 0.130. The number of hydrogen-bond acceptors (Lipinski definition) is 8. The van der Waals surface area contributed by atoms with E-state index in [0.717, 1.165) is 34.4 Å².